The van der Waals surface area contributed by atoms with E-state index in [4.69, 9.17) is 4.74 Å². The Morgan fingerprint density at radius 1 is 1.18 bits per heavy atom. The Bertz CT molecular complexity index is 213. The predicted molar refractivity (Wildman–Crippen MR) is 71.2 cm³/mol. The van der Waals surface area contributed by atoms with E-state index >= 15 is 0 Å². The van der Waals surface area contributed by atoms with Crippen molar-refractivity contribution in [3.8, 4) is 0 Å². The number of amides is 1. The van der Waals surface area contributed by atoms with Crippen molar-refractivity contribution in [3.05, 3.63) is 0 Å². The van der Waals surface area contributed by atoms with Gasteiger partial charge in [-0.25, -0.2) is 4.79 Å². The van der Waals surface area contributed by atoms with Gasteiger partial charge in [0.2, 0.25) is 0 Å². The summed E-state index contributed by atoms with van der Waals surface area (Å²) in [5.41, 5.74) is -0.387. The third kappa shape index (κ3) is 10.1. The molecule has 0 unspecified atom stereocenters. The van der Waals surface area contributed by atoms with Crippen molar-refractivity contribution in [2.24, 2.45) is 5.92 Å². The second-order valence-electron chi connectivity index (χ2n) is 5.95. The van der Waals surface area contributed by atoms with E-state index < -0.39 is 0 Å². The summed E-state index contributed by atoms with van der Waals surface area (Å²) in [5.74, 6) is 0.833. The number of piperazine rings is 1. The van der Waals surface area contributed by atoms with Gasteiger partial charge >= 0.3 is 6.09 Å². The van der Waals surface area contributed by atoms with E-state index in [1.54, 1.807) is 4.90 Å². The molecule has 1 saturated heterocycles. The third-order valence-corrected chi connectivity index (χ3v) is 1.77. The molecule has 0 radical (unpaired) electrons. The summed E-state index contributed by atoms with van der Waals surface area (Å²) in [6.07, 6.45) is -0.200. The smallest absolute Gasteiger partial charge is 0.410 e. The van der Waals surface area contributed by atoms with Crippen LogP contribution in [0.5, 0.6) is 0 Å². The van der Waals surface area contributed by atoms with Gasteiger partial charge < -0.3 is 15.0 Å². The average molecular weight is 244 g/mol. The number of carbonyl (C=O) groups excluding carboxylic acids is 1. The molecule has 1 N–H and O–H groups in total. The third-order valence-electron chi connectivity index (χ3n) is 1.77. The Balaban J connectivity index is 0.000000557. The van der Waals surface area contributed by atoms with E-state index in [-0.39, 0.29) is 11.7 Å². The quantitative estimate of drug-likeness (QED) is 0.712. The lowest BCUT2D eigenvalue weighted by Gasteiger charge is -2.30. The first-order valence-electron chi connectivity index (χ1n) is 6.41. The normalized spacial score (nSPS) is 16.3. The Morgan fingerprint density at radius 3 is 1.94 bits per heavy atom. The average Bonchev–Trinajstić information content (AvgIpc) is 2.15. The summed E-state index contributed by atoms with van der Waals surface area (Å²) in [6, 6.07) is 0. The highest BCUT2D eigenvalue weighted by atomic mass is 16.6. The molecule has 1 aliphatic rings. The Labute approximate surface area is 106 Å². The SMILES string of the molecule is CC(C)(C)OC(=O)N1CCNCC1.CC(C)C. The van der Waals surface area contributed by atoms with Gasteiger partial charge in [-0.1, -0.05) is 20.8 Å². The monoisotopic (exact) mass is 244 g/mol. The number of nitrogens with one attached hydrogen (secondary N) is 1. The predicted octanol–water partition coefficient (Wildman–Crippen LogP) is 2.49. The Morgan fingerprint density at radius 2 is 1.59 bits per heavy atom. The lowest BCUT2D eigenvalue weighted by molar-refractivity contribution is 0.0229. The van der Waals surface area contributed by atoms with Crippen LogP contribution in [-0.2, 0) is 4.74 Å². The van der Waals surface area contributed by atoms with Crippen LogP contribution in [0.3, 0.4) is 0 Å². The molecule has 102 valence electrons. The molecular weight excluding hydrogens is 216 g/mol. The molecule has 0 aromatic rings. The van der Waals surface area contributed by atoms with E-state index in [1.807, 2.05) is 20.8 Å². The number of hydrogen-bond donors (Lipinski definition) is 1. The van der Waals surface area contributed by atoms with Crippen LogP contribution in [-0.4, -0.2) is 42.8 Å². The molecule has 0 saturated carbocycles. The number of hydrogen-bond acceptors (Lipinski definition) is 3. The largest absolute Gasteiger partial charge is 0.444 e. The van der Waals surface area contributed by atoms with Crippen LogP contribution >= 0.6 is 0 Å². The highest BCUT2D eigenvalue weighted by Gasteiger charge is 2.22. The van der Waals surface area contributed by atoms with E-state index in [0.29, 0.717) is 0 Å². The van der Waals surface area contributed by atoms with Gasteiger partial charge in [-0.3, -0.25) is 0 Å². The summed E-state index contributed by atoms with van der Waals surface area (Å²) in [7, 11) is 0. The second kappa shape index (κ2) is 7.54. The van der Waals surface area contributed by atoms with Crippen molar-refractivity contribution in [3.63, 3.8) is 0 Å². The lowest BCUT2D eigenvalue weighted by atomic mass is 10.2. The summed E-state index contributed by atoms with van der Waals surface area (Å²) < 4.78 is 5.24. The van der Waals surface area contributed by atoms with Gasteiger partial charge in [-0.2, -0.15) is 0 Å². The van der Waals surface area contributed by atoms with Crippen LogP contribution in [0.25, 0.3) is 0 Å². The molecule has 0 spiro atoms. The summed E-state index contributed by atoms with van der Waals surface area (Å²) in [4.78, 5) is 13.2. The molecule has 0 aromatic carbocycles. The van der Waals surface area contributed by atoms with Gasteiger partial charge in [0, 0.05) is 26.2 Å². The van der Waals surface area contributed by atoms with Crippen molar-refractivity contribution in [1.82, 2.24) is 10.2 Å². The van der Waals surface area contributed by atoms with E-state index in [1.165, 1.54) is 0 Å². The van der Waals surface area contributed by atoms with Gasteiger partial charge in [0.05, 0.1) is 0 Å². The topological polar surface area (TPSA) is 41.6 Å². The second-order valence-corrected chi connectivity index (χ2v) is 5.95. The zero-order chi connectivity index (χ0) is 13.5. The van der Waals surface area contributed by atoms with Gasteiger partial charge in [-0.15, -0.1) is 0 Å². The summed E-state index contributed by atoms with van der Waals surface area (Å²) >= 11 is 0. The highest BCUT2D eigenvalue weighted by molar-refractivity contribution is 5.68. The van der Waals surface area contributed by atoms with Crippen LogP contribution in [0.15, 0.2) is 0 Å². The zero-order valence-electron chi connectivity index (χ0n) is 12.2. The summed E-state index contributed by atoms with van der Waals surface area (Å²) in [6.45, 7) is 15.4. The molecule has 1 rings (SSSR count). The molecule has 0 aromatic heterocycles. The fourth-order valence-corrected chi connectivity index (χ4v) is 1.17. The molecule has 1 aliphatic heterocycles. The molecule has 1 heterocycles. The number of nitrogens with zero attached hydrogens (tertiary/aromatic N) is 1. The van der Waals surface area contributed by atoms with Crippen LogP contribution in [0.4, 0.5) is 4.79 Å². The molecule has 4 nitrogen and oxygen atoms in total. The molecule has 4 heteroatoms. The molecule has 0 aliphatic carbocycles. The summed E-state index contributed by atoms with van der Waals surface area (Å²) in [5, 5.41) is 3.18. The van der Waals surface area contributed by atoms with E-state index in [2.05, 4.69) is 26.1 Å². The van der Waals surface area contributed by atoms with Crippen LogP contribution in [0.1, 0.15) is 41.5 Å². The standard InChI is InChI=1S/C9H18N2O2.C4H10/c1-9(2,3)13-8(12)11-6-4-10-5-7-11;1-4(2)3/h10H,4-7H2,1-3H3;4H,1-3H3. The van der Waals surface area contributed by atoms with Crippen molar-refractivity contribution in [1.29, 1.82) is 0 Å². The van der Waals surface area contributed by atoms with E-state index in [0.717, 1.165) is 32.1 Å². The Hall–Kier alpha value is -0.770. The van der Waals surface area contributed by atoms with Crippen LogP contribution in [0, 0.1) is 5.92 Å². The van der Waals surface area contributed by atoms with Crippen LogP contribution in [0.2, 0.25) is 0 Å². The van der Waals surface area contributed by atoms with Crippen molar-refractivity contribution in [2.45, 2.75) is 47.1 Å². The lowest BCUT2D eigenvalue weighted by Crippen LogP contribution is -2.48. The first-order chi connectivity index (χ1) is 7.72. The molecule has 1 amide bonds. The first-order valence-corrected chi connectivity index (χ1v) is 6.41. The minimum atomic E-state index is -0.387. The van der Waals surface area contributed by atoms with Gasteiger partial charge in [0.25, 0.3) is 0 Å². The van der Waals surface area contributed by atoms with E-state index in [9.17, 15) is 4.79 Å². The molecule has 0 bridgehead atoms. The molecule has 1 fully saturated rings. The van der Waals surface area contributed by atoms with Crippen molar-refractivity contribution >= 4 is 6.09 Å². The zero-order valence-corrected chi connectivity index (χ0v) is 12.2. The fourth-order valence-electron chi connectivity index (χ4n) is 1.17. The van der Waals surface area contributed by atoms with Crippen LogP contribution < -0.4 is 5.32 Å². The number of carbonyl (C=O) groups is 1. The maximum absolute atomic E-state index is 11.5. The first kappa shape index (κ1) is 16.2. The number of rotatable bonds is 0. The number of ether oxygens (including phenoxy) is 1. The van der Waals surface area contributed by atoms with Crippen molar-refractivity contribution < 1.29 is 9.53 Å². The minimum Gasteiger partial charge on any atom is -0.444 e. The van der Waals surface area contributed by atoms with Gasteiger partial charge in [-0.05, 0) is 26.7 Å². The van der Waals surface area contributed by atoms with Crippen molar-refractivity contribution in [2.75, 3.05) is 26.2 Å². The van der Waals surface area contributed by atoms with Gasteiger partial charge in [0.1, 0.15) is 5.60 Å². The molecule has 0 atom stereocenters. The molecule has 17 heavy (non-hydrogen) atoms. The van der Waals surface area contributed by atoms with Gasteiger partial charge in [0.15, 0.2) is 0 Å². The maximum Gasteiger partial charge on any atom is 0.410 e. The minimum absolute atomic E-state index is 0.200. The maximum atomic E-state index is 11.5. The fraction of sp³-hybridized carbons (Fsp3) is 0.923. The molecular formula is C13H28N2O2. The Kier molecular flexibility index (Phi) is 7.19. The highest BCUT2D eigenvalue weighted by Crippen LogP contribution is 2.09.